The zero-order chi connectivity index (χ0) is 0. The first kappa shape index (κ1) is 140. The predicted octanol–water partition coefficient (Wildman–Crippen LogP) is -3.91. The Kier molecular flexibility index (Phi) is 2110. The summed E-state index contributed by atoms with van der Waals surface area (Å²) in [5.74, 6) is 0. The van der Waals surface area contributed by atoms with Crippen LogP contribution in [0.5, 0.6) is 0 Å². The van der Waals surface area contributed by atoms with Gasteiger partial charge in [-0.25, -0.2) is 0 Å². The van der Waals surface area contributed by atoms with Gasteiger partial charge in [0, 0.05) is 0 Å². The molecular formula is H3BeNaO3. The smallest absolute Gasteiger partial charge is 0.870 e. The maximum Gasteiger partial charge on any atom is 2.00 e. The molecular weight excluding hydrogens is 80.0 g/mol. The molecule has 0 unspecified atom stereocenters. The van der Waals surface area contributed by atoms with E-state index in [9.17, 15) is 0 Å². The third kappa shape index (κ3) is 42.7. The second kappa shape index (κ2) is 75.2. The molecule has 3 N–H and O–H groups in total. The van der Waals surface area contributed by atoms with Crippen molar-refractivity contribution in [3.8, 4) is 0 Å². The molecule has 0 spiro atoms. The zero-order valence-corrected chi connectivity index (χ0v) is 5.05. The van der Waals surface area contributed by atoms with Crippen LogP contribution >= 0.6 is 0 Å². The Morgan fingerprint density at radius 3 is 0.600 bits per heavy atom. The molecule has 24 valence electrons. The van der Waals surface area contributed by atoms with Crippen LogP contribution in [-0.4, -0.2) is 26.5 Å². The van der Waals surface area contributed by atoms with Crippen molar-refractivity contribution in [1.29, 1.82) is 0 Å². The summed E-state index contributed by atoms with van der Waals surface area (Å²) in [6.07, 6.45) is 0. The zero-order valence-electron chi connectivity index (χ0n) is 3.05. The molecule has 0 aromatic heterocycles. The van der Waals surface area contributed by atoms with Gasteiger partial charge in [-0.05, 0) is 0 Å². The largest absolute Gasteiger partial charge is 2.00 e. The molecule has 0 aliphatic heterocycles. The summed E-state index contributed by atoms with van der Waals surface area (Å²) in [6, 6.07) is 0. The van der Waals surface area contributed by atoms with Gasteiger partial charge in [-0.3, -0.25) is 0 Å². The average molecular weight is 83.0 g/mol. The SMILES string of the molecule is [Be+2].[Na+].[OH-].[OH-].[OH-]. The van der Waals surface area contributed by atoms with Gasteiger partial charge in [0.2, 0.25) is 0 Å². The molecule has 5 heteroatoms. The van der Waals surface area contributed by atoms with Crippen LogP contribution in [0, 0.1) is 0 Å². The maximum absolute atomic E-state index is 0. The molecule has 0 aromatic rings. The van der Waals surface area contributed by atoms with Crippen LogP contribution in [0.1, 0.15) is 0 Å². The summed E-state index contributed by atoms with van der Waals surface area (Å²) < 4.78 is 0. The minimum atomic E-state index is 0. The van der Waals surface area contributed by atoms with Crippen LogP contribution in [0.4, 0.5) is 0 Å². The monoisotopic (exact) mass is 83.0 g/mol. The van der Waals surface area contributed by atoms with Crippen molar-refractivity contribution < 1.29 is 46.0 Å². The van der Waals surface area contributed by atoms with E-state index >= 15 is 0 Å². The van der Waals surface area contributed by atoms with Gasteiger partial charge in [-0.2, -0.15) is 0 Å². The molecule has 0 aliphatic rings. The van der Waals surface area contributed by atoms with Gasteiger partial charge in [-0.1, -0.05) is 0 Å². The fourth-order valence-corrected chi connectivity index (χ4v) is 0. The van der Waals surface area contributed by atoms with E-state index < -0.39 is 0 Å². The summed E-state index contributed by atoms with van der Waals surface area (Å²) in [5.41, 5.74) is 0. The molecule has 0 fully saturated rings. The molecule has 0 aromatic carbocycles. The number of rotatable bonds is 0. The minimum absolute atomic E-state index is 0. The van der Waals surface area contributed by atoms with Gasteiger partial charge in [0.25, 0.3) is 0 Å². The van der Waals surface area contributed by atoms with Crippen LogP contribution in [0.15, 0.2) is 0 Å². The van der Waals surface area contributed by atoms with Crippen molar-refractivity contribution in [1.82, 2.24) is 0 Å². The molecule has 0 rings (SSSR count). The quantitative estimate of drug-likeness (QED) is 0.280. The van der Waals surface area contributed by atoms with Crippen LogP contribution in [0.25, 0.3) is 0 Å². The van der Waals surface area contributed by atoms with Gasteiger partial charge in [-0.15, -0.1) is 0 Å². The van der Waals surface area contributed by atoms with Gasteiger partial charge >= 0.3 is 39.7 Å². The Bertz CT molecular complexity index is 6.85. The second-order valence-electron chi connectivity index (χ2n) is 0. The number of hydrogen-bond acceptors (Lipinski definition) is 3. The van der Waals surface area contributed by atoms with Crippen molar-refractivity contribution in [3.63, 3.8) is 0 Å². The van der Waals surface area contributed by atoms with Gasteiger partial charge < -0.3 is 16.4 Å². The van der Waals surface area contributed by atoms with E-state index in [0.29, 0.717) is 0 Å². The second-order valence-corrected chi connectivity index (χ2v) is 0. The van der Waals surface area contributed by atoms with Crippen LogP contribution in [0.2, 0.25) is 0 Å². The maximum atomic E-state index is 0. The fourth-order valence-electron chi connectivity index (χ4n) is 0. The molecule has 5 heavy (non-hydrogen) atoms. The standard InChI is InChI=1S/Be.Na.3H2O/h;;3*1H2/q+2;+1;;;/p-3. The van der Waals surface area contributed by atoms with E-state index in [1.54, 1.807) is 0 Å². The topological polar surface area (TPSA) is 90.0 Å². The van der Waals surface area contributed by atoms with Crippen LogP contribution in [0.3, 0.4) is 0 Å². The van der Waals surface area contributed by atoms with E-state index in [4.69, 9.17) is 0 Å². The van der Waals surface area contributed by atoms with Gasteiger partial charge in [0.05, 0.1) is 0 Å². The number of hydrogen-bond donors (Lipinski definition) is 0. The van der Waals surface area contributed by atoms with Crippen molar-refractivity contribution >= 4 is 10.1 Å². The summed E-state index contributed by atoms with van der Waals surface area (Å²) in [7, 11) is 0. The Hall–Kier alpha value is 1.05. The molecule has 0 amide bonds. The normalized spacial score (nSPS) is 0. The first-order chi connectivity index (χ1) is 0. The molecule has 0 aliphatic carbocycles. The Morgan fingerprint density at radius 2 is 0.600 bits per heavy atom. The van der Waals surface area contributed by atoms with E-state index in [0.717, 1.165) is 0 Å². The molecule has 0 bridgehead atoms. The Balaban J connectivity index is 0. The van der Waals surface area contributed by atoms with Crippen LogP contribution < -0.4 is 29.6 Å². The molecule has 0 heterocycles. The Labute approximate surface area is 56.2 Å². The molecule has 0 saturated carbocycles. The summed E-state index contributed by atoms with van der Waals surface area (Å²) in [4.78, 5) is 0. The first-order valence-electron chi connectivity index (χ1n) is 0. The van der Waals surface area contributed by atoms with Crippen molar-refractivity contribution in [2.24, 2.45) is 0 Å². The average Bonchev–Trinajstić information content (AvgIpc) is 0. The summed E-state index contributed by atoms with van der Waals surface area (Å²) in [6.45, 7) is 0. The molecule has 0 radical (unpaired) electrons. The first-order valence-corrected chi connectivity index (χ1v) is 0. The van der Waals surface area contributed by atoms with Gasteiger partial charge in [0.15, 0.2) is 0 Å². The molecule has 3 nitrogen and oxygen atoms in total. The summed E-state index contributed by atoms with van der Waals surface area (Å²) >= 11 is 0. The third-order valence-corrected chi connectivity index (χ3v) is 0. The van der Waals surface area contributed by atoms with Crippen LogP contribution in [-0.2, 0) is 0 Å². The summed E-state index contributed by atoms with van der Waals surface area (Å²) in [5, 5.41) is 0. The van der Waals surface area contributed by atoms with Crippen molar-refractivity contribution in [3.05, 3.63) is 0 Å². The minimum Gasteiger partial charge on any atom is -0.870 e. The van der Waals surface area contributed by atoms with Crippen molar-refractivity contribution in [2.45, 2.75) is 0 Å². The van der Waals surface area contributed by atoms with E-state index in [2.05, 4.69) is 0 Å². The van der Waals surface area contributed by atoms with Gasteiger partial charge in [0.1, 0.15) is 0 Å². The third-order valence-electron chi connectivity index (χ3n) is 0. The van der Waals surface area contributed by atoms with E-state index in [-0.39, 0.29) is 56.1 Å². The molecule has 0 saturated heterocycles. The van der Waals surface area contributed by atoms with E-state index in [1.807, 2.05) is 0 Å². The van der Waals surface area contributed by atoms with E-state index in [1.165, 1.54) is 0 Å². The Morgan fingerprint density at radius 1 is 0.600 bits per heavy atom. The fraction of sp³-hybridized carbons (Fsp3) is 0. The molecule has 0 atom stereocenters. The predicted molar refractivity (Wildman–Crippen MR) is 11.6 cm³/mol. The van der Waals surface area contributed by atoms with Crippen molar-refractivity contribution in [2.75, 3.05) is 0 Å².